The van der Waals surface area contributed by atoms with Crippen LogP contribution in [0.15, 0.2) is 6.20 Å². The fourth-order valence-corrected chi connectivity index (χ4v) is 2.31. The lowest BCUT2D eigenvalue weighted by Gasteiger charge is -2.16. The standard InChI is InChI=1S/C12H21N5O2S/c1-4-6-13-12-14-7-10(17(18)19)11(16-12)15-9(5-2)8-20-3/h7,9H,4-6,8H2,1-3H3,(H2,13,14,15,16). The van der Waals surface area contributed by atoms with E-state index < -0.39 is 4.92 Å². The Labute approximate surface area is 123 Å². The van der Waals surface area contributed by atoms with Gasteiger partial charge in [0.05, 0.1) is 4.92 Å². The lowest BCUT2D eigenvalue weighted by molar-refractivity contribution is -0.384. The Morgan fingerprint density at radius 1 is 1.50 bits per heavy atom. The maximum absolute atomic E-state index is 11.0. The Kier molecular flexibility index (Phi) is 7.06. The van der Waals surface area contributed by atoms with Crippen molar-refractivity contribution in [2.45, 2.75) is 32.7 Å². The summed E-state index contributed by atoms with van der Waals surface area (Å²) < 4.78 is 0. The lowest BCUT2D eigenvalue weighted by Crippen LogP contribution is -2.23. The minimum Gasteiger partial charge on any atom is -0.361 e. The second-order valence-electron chi connectivity index (χ2n) is 4.32. The van der Waals surface area contributed by atoms with Gasteiger partial charge in [0, 0.05) is 18.3 Å². The monoisotopic (exact) mass is 299 g/mol. The number of nitrogens with zero attached hydrogens (tertiary/aromatic N) is 3. The van der Waals surface area contributed by atoms with E-state index in [0.29, 0.717) is 5.95 Å². The molecule has 2 N–H and O–H groups in total. The van der Waals surface area contributed by atoms with Crippen molar-refractivity contribution in [1.29, 1.82) is 0 Å². The van der Waals surface area contributed by atoms with E-state index in [0.717, 1.165) is 25.1 Å². The van der Waals surface area contributed by atoms with Crippen molar-refractivity contribution in [1.82, 2.24) is 9.97 Å². The third-order valence-electron chi connectivity index (χ3n) is 2.70. The van der Waals surface area contributed by atoms with Gasteiger partial charge < -0.3 is 10.6 Å². The summed E-state index contributed by atoms with van der Waals surface area (Å²) >= 11 is 1.69. The number of hydrogen-bond donors (Lipinski definition) is 2. The van der Waals surface area contributed by atoms with Gasteiger partial charge in [-0.1, -0.05) is 13.8 Å². The lowest BCUT2D eigenvalue weighted by atomic mass is 10.2. The Bertz CT molecular complexity index is 444. The van der Waals surface area contributed by atoms with Crippen molar-refractivity contribution in [3.05, 3.63) is 16.3 Å². The summed E-state index contributed by atoms with van der Waals surface area (Å²) in [6, 6.07) is 0.151. The molecule has 1 rings (SSSR count). The van der Waals surface area contributed by atoms with Gasteiger partial charge in [-0.2, -0.15) is 16.7 Å². The highest BCUT2D eigenvalue weighted by molar-refractivity contribution is 7.98. The molecule has 1 atom stereocenters. The number of nitrogens with one attached hydrogen (secondary N) is 2. The largest absolute Gasteiger partial charge is 0.361 e. The molecule has 1 aromatic heterocycles. The van der Waals surface area contributed by atoms with E-state index >= 15 is 0 Å². The molecule has 1 unspecified atom stereocenters. The first-order chi connectivity index (χ1) is 9.62. The molecule has 1 aromatic rings. The zero-order chi connectivity index (χ0) is 15.0. The summed E-state index contributed by atoms with van der Waals surface area (Å²) in [6.07, 6.45) is 5.07. The predicted octanol–water partition coefficient (Wildman–Crippen LogP) is 2.76. The van der Waals surface area contributed by atoms with Gasteiger partial charge >= 0.3 is 5.69 Å². The van der Waals surface area contributed by atoms with Gasteiger partial charge in [-0.3, -0.25) is 10.1 Å². The van der Waals surface area contributed by atoms with Gasteiger partial charge in [-0.05, 0) is 19.1 Å². The Hall–Kier alpha value is -1.57. The van der Waals surface area contributed by atoms with Gasteiger partial charge in [0.1, 0.15) is 6.20 Å². The van der Waals surface area contributed by atoms with Crippen LogP contribution in [0.1, 0.15) is 26.7 Å². The number of hydrogen-bond acceptors (Lipinski definition) is 7. The maximum Gasteiger partial charge on any atom is 0.329 e. The van der Waals surface area contributed by atoms with Crippen LogP contribution >= 0.6 is 11.8 Å². The Morgan fingerprint density at radius 3 is 2.80 bits per heavy atom. The van der Waals surface area contributed by atoms with Crippen LogP contribution in [0.4, 0.5) is 17.5 Å². The fourth-order valence-electron chi connectivity index (χ4n) is 1.59. The minimum atomic E-state index is -0.461. The van der Waals surface area contributed by atoms with Crippen LogP contribution in [0.2, 0.25) is 0 Å². The third-order valence-corrected chi connectivity index (χ3v) is 3.44. The van der Waals surface area contributed by atoms with Crippen LogP contribution in [-0.4, -0.2) is 39.5 Å². The number of aromatic nitrogens is 2. The number of rotatable bonds is 9. The molecule has 0 spiro atoms. The quantitative estimate of drug-likeness (QED) is 0.535. The van der Waals surface area contributed by atoms with Crippen molar-refractivity contribution >= 4 is 29.2 Å². The third kappa shape index (κ3) is 4.84. The second-order valence-corrected chi connectivity index (χ2v) is 5.23. The molecule has 0 saturated heterocycles. The normalized spacial score (nSPS) is 11.9. The van der Waals surface area contributed by atoms with Crippen molar-refractivity contribution < 1.29 is 4.92 Å². The first-order valence-corrected chi connectivity index (χ1v) is 8.02. The van der Waals surface area contributed by atoms with Crippen molar-refractivity contribution in [3.8, 4) is 0 Å². The van der Waals surface area contributed by atoms with E-state index in [1.165, 1.54) is 6.20 Å². The first-order valence-electron chi connectivity index (χ1n) is 6.63. The minimum absolute atomic E-state index is 0.0911. The van der Waals surface area contributed by atoms with Gasteiger partial charge in [0.25, 0.3) is 0 Å². The van der Waals surface area contributed by atoms with Crippen LogP contribution < -0.4 is 10.6 Å². The molecule has 1 heterocycles. The van der Waals surface area contributed by atoms with Crippen LogP contribution in [0, 0.1) is 10.1 Å². The molecule has 7 nitrogen and oxygen atoms in total. The van der Waals surface area contributed by atoms with Crippen molar-refractivity contribution in [2.24, 2.45) is 0 Å². The molecule has 0 saturated carbocycles. The van der Waals surface area contributed by atoms with Crippen LogP contribution in [0.5, 0.6) is 0 Å². The van der Waals surface area contributed by atoms with Crippen molar-refractivity contribution in [3.63, 3.8) is 0 Å². The molecular formula is C12H21N5O2S. The number of thioether (sulfide) groups is 1. The molecular weight excluding hydrogens is 278 g/mol. The van der Waals surface area contributed by atoms with Gasteiger partial charge in [-0.15, -0.1) is 0 Å². The molecule has 0 bridgehead atoms. The molecule has 0 aromatic carbocycles. The summed E-state index contributed by atoms with van der Waals surface area (Å²) in [5, 5.41) is 17.2. The van der Waals surface area contributed by atoms with Crippen LogP contribution in [0.3, 0.4) is 0 Å². The predicted molar refractivity (Wildman–Crippen MR) is 83.6 cm³/mol. The van der Waals surface area contributed by atoms with Gasteiger partial charge in [0.2, 0.25) is 11.8 Å². The highest BCUT2D eigenvalue weighted by Crippen LogP contribution is 2.23. The second kappa shape index (κ2) is 8.57. The molecule has 0 radical (unpaired) electrons. The molecule has 8 heteroatoms. The summed E-state index contributed by atoms with van der Waals surface area (Å²) in [4.78, 5) is 18.8. The zero-order valence-corrected chi connectivity index (χ0v) is 12.9. The molecule has 112 valence electrons. The summed E-state index contributed by atoms with van der Waals surface area (Å²) in [5.74, 6) is 1.57. The van der Waals surface area contributed by atoms with E-state index in [-0.39, 0.29) is 17.5 Å². The fraction of sp³-hybridized carbons (Fsp3) is 0.667. The topological polar surface area (TPSA) is 93.0 Å². The average Bonchev–Trinajstić information content (AvgIpc) is 2.44. The Balaban J connectivity index is 2.95. The SMILES string of the molecule is CCCNc1ncc([N+](=O)[O-])c(NC(CC)CSC)n1. The molecule has 0 aliphatic rings. The molecule has 0 fully saturated rings. The smallest absolute Gasteiger partial charge is 0.329 e. The highest BCUT2D eigenvalue weighted by atomic mass is 32.2. The Morgan fingerprint density at radius 2 is 2.25 bits per heavy atom. The van der Waals surface area contributed by atoms with Gasteiger partial charge in [0.15, 0.2) is 0 Å². The van der Waals surface area contributed by atoms with Gasteiger partial charge in [-0.25, -0.2) is 4.98 Å². The molecule has 0 amide bonds. The van der Waals surface area contributed by atoms with Crippen LogP contribution in [0.25, 0.3) is 0 Å². The number of anilines is 2. The van der Waals surface area contributed by atoms with E-state index in [4.69, 9.17) is 0 Å². The summed E-state index contributed by atoms with van der Waals surface area (Å²) in [5.41, 5.74) is -0.0911. The van der Waals surface area contributed by atoms with Crippen LogP contribution in [-0.2, 0) is 0 Å². The molecule has 0 aliphatic carbocycles. The average molecular weight is 299 g/mol. The first kappa shape index (κ1) is 16.5. The molecule has 0 aliphatic heterocycles. The summed E-state index contributed by atoms with van der Waals surface area (Å²) in [7, 11) is 0. The van der Waals surface area contributed by atoms with E-state index in [1.54, 1.807) is 11.8 Å². The highest BCUT2D eigenvalue weighted by Gasteiger charge is 2.19. The zero-order valence-electron chi connectivity index (χ0n) is 12.0. The van der Waals surface area contributed by atoms with E-state index in [2.05, 4.69) is 20.6 Å². The molecule has 20 heavy (non-hydrogen) atoms. The van der Waals surface area contributed by atoms with E-state index in [9.17, 15) is 10.1 Å². The summed E-state index contributed by atoms with van der Waals surface area (Å²) in [6.45, 7) is 4.81. The maximum atomic E-state index is 11.0. The van der Waals surface area contributed by atoms with E-state index in [1.807, 2.05) is 20.1 Å². The number of nitro groups is 1. The van der Waals surface area contributed by atoms with Crippen molar-refractivity contribution in [2.75, 3.05) is 29.2 Å².